The summed E-state index contributed by atoms with van der Waals surface area (Å²) in [5, 5.41) is 8.95. The van der Waals surface area contributed by atoms with Crippen LogP contribution in [-0.4, -0.2) is 35.1 Å². The molecule has 0 aliphatic carbocycles. The Balaban J connectivity index is 2.65. The van der Waals surface area contributed by atoms with E-state index in [1.54, 1.807) is 11.9 Å². The molecule has 3 nitrogen and oxygen atoms in total. The Labute approximate surface area is 54.3 Å². The fourth-order valence-electron chi connectivity index (χ4n) is 1.03. The molecular formula is C6H11NO2. The highest BCUT2D eigenvalue weighted by Gasteiger charge is 2.32. The number of aliphatic hydroxyl groups is 1. The van der Waals surface area contributed by atoms with Crippen molar-refractivity contribution in [2.45, 2.75) is 25.5 Å². The first-order chi connectivity index (χ1) is 4.13. The van der Waals surface area contributed by atoms with Gasteiger partial charge in [-0.05, 0) is 6.92 Å². The number of likely N-dealkylation sites (tertiary alicyclic amines) is 1. The lowest BCUT2D eigenvalue weighted by Gasteiger charge is -2.12. The molecule has 1 saturated heterocycles. The van der Waals surface area contributed by atoms with E-state index in [0.29, 0.717) is 6.42 Å². The van der Waals surface area contributed by atoms with Gasteiger partial charge in [-0.15, -0.1) is 0 Å². The van der Waals surface area contributed by atoms with Crippen LogP contribution in [0.2, 0.25) is 0 Å². The van der Waals surface area contributed by atoms with Crippen molar-refractivity contribution in [2.75, 3.05) is 7.05 Å². The quantitative estimate of drug-likeness (QED) is 0.483. The highest BCUT2D eigenvalue weighted by Crippen LogP contribution is 2.15. The Morgan fingerprint density at radius 3 is 2.44 bits per heavy atom. The largest absolute Gasteiger partial charge is 0.383 e. The second-order valence-electron chi connectivity index (χ2n) is 2.55. The monoisotopic (exact) mass is 129 g/mol. The van der Waals surface area contributed by atoms with Gasteiger partial charge in [-0.3, -0.25) is 4.79 Å². The van der Waals surface area contributed by atoms with Crippen LogP contribution in [0.3, 0.4) is 0 Å². The summed E-state index contributed by atoms with van der Waals surface area (Å²) in [6.07, 6.45) is -0.167. The third-order valence-corrected chi connectivity index (χ3v) is 1.86. The number of hydrogen-bond donors (Lipinski definition) is 1. The van der Waals surface area contributed by atoms with Gasteiger partial charge in [0, 0.05) is 19.5 Å². The first-order valence-electron chi connectivity index (χ1n) is 3.07. The average Bonchev–Trinajstić information content (AvgIpc) is 1.98. The van der Waals surface area contributed by atoms with Gasteiger partial charge < -0.3 is 10.0 Å². The van der Waals surface area contributed by atoms with Crippen molar-refractivity contribution >= 4 is 5.91 Å². The van der Waals surface area contributed by atoms with Gasteiger partial charge in [0.1, 0.15) is 6.10 Å². The molecule has 0 aromatic heterocycles. The molecule has 0 aromatic rings. The molecule has 1 aliphatic rings. The number of nitrogens with zero attached hydrogens (tertiary/aromatic N) is 1. The highest BCUT2D eigenvalue weighted by molar-refractivity contribution is 5.82. The van der Waals surface area contributed by atoms with E-state index in [2.05, 4.69) is 0 Å². The minimum absolute atomic E-state index is 0.150. The summed E-state index contributed by atoms with van der Waals surface area (Å²) in [4.78, 5) is 12.4. The van der Waals surface area contributed by atoms with Crippen LogP contribution in [0, 0.1) is 0 Å². The van der Waals surface area contributed by atoms with Crippen molar-refractivity contribution in [3.8, 4) is 0 Å². The van der Waals surface area contributed by atoms with Crippen molar-refractivity contribution in [1.82, 2.24) is 4.90 Å². The SMILES string of the molecule is C[C@@H]1CC(O)C(=O)N1C. The minimum atomic E-state index is -0.745. The molecule has 1 unspecified atom stereocenters. The third-order valence-electron chi connectivity index (χ3n) is 1.86. The zero-order chi connectivity index (χ0) is 7.02. The van der Waals surface area contributed by atoms with Crippen LogP contribution in [0.4, 0.5) is 0 Å². The van der Waals surface area contributed by atoms with Crippen molar-refractivity contribution < 1.29 is 9.90 Å². The normalized spacial score (nSPS) is 35.9. The summed E-state index contributed by atoms with van der Waals surface area (Å²) in [5.41, 5.74) is 0. The van der Waals surface area contributed by atoms with E-state index < -0.39 is 6.10 Å². The maximum atomic E-state index is 10.8. The van der Waals surface area contributed by atoms with E-state index in [-0.39, 0.29) is 11.9 Å². The van der Waals surface area contributed by atoms with E-state index in [0.717, 1.165) is 0 Å². The molecule has 0 radical (unpaired) electrons. The first kappa shape index (κ1) is 6.55. The predicted molar refractivity (Wildman–Crippen MR) is 32.9 cm³/mol. The fourth-order valence-corrected chi connectivity index (χ4v) is 1.03. The van der Waals surface area contributed by atoms with Crippen molar-refractivity contribution in [1.29, 1.82) is 0 Å². The van der Waals surface area contributed by atoms with Gasteiger partial charge in [-0.2, -0.15) is 0 Å². The smallest absolute Gasteiger partial charge is 0.251 e. The lowest BCUT2D eigenvalue weighted by Crippen LogP contribution is -2.28. The highest BCUT2D eigenvalue weighted by atomic mass is 16.3. The molecule has 0 aromatic carbocycles. The molecule has 9 heavy (non-hydrogen) atoms. The molecule has 52 valence electrons. The molecule has 1 N–H and O–H groups in total. The summed E-state index contributed by atoms with van der Waals surface area (Å²) in [6, 6.07) is 0.201. The lowest BCUT2D eigenvalue weighted by molar-refractivity contribution is -0.133. The zero-order valence-corrected chi connectivity index (χ0v) is 5.66. The summed E-state index contributed by atoms with van der Waals surface area (Å²) in [5.74, 6) is -0.150. The molecule has 1 amide bonds. The molecule has 1 aliphatic heterocycles. The Bertz CT molecular complexity index is 135. The van der Waals surface area contributed by atoms with Crippen LogP contribution in [0.1, 0.15) is 13.3 Å². The van der Waals surface area contributed by atoms with E-state index in [4.69, 9.17) is 5.11 Å². The number of carbonyl (C=O) groups is 1. The lowest BCUT2D eigenvalue weighted by atomic mass is 10.2. The van der Waals surface area contributed by atoms with Gasteiger partial charge in [0.15, 0.2) is 0 Å². The zero-order valence-electron chi connectivity index (χ0n) is 5.66. The molecule has 0 saturated carbocycles. The van der Waals surface area contributed by atoms with Crippen LogP contribution in [0.15, 0.2) is 0 Å². The molecule has 0 spiro atoms. The van der Waals surface area contributed by atoms with E-state index in [1.165, 1.54) is 0 Å². The topological polar surface area (TPSA) is 40.5 Å². The minimum Gasteiger partial charge on any atom is -0.383 e. The standard InChI is InChI=1S/C6H11NO2/c1-4-3-5(8)6(9)7(4)2/h4-5,8H,3H2,1-2H3/t4-,5?/m1/s1. The van der Waals surface area contributed by atoms with Gasteiger partial charge in [0.25, 0.3) is 5.91 Å². The Hall–Kier alpha value is -0.570. The van der Waals surface area contributed by atoms with Crippen molar-refractivity contribution in [2.24, 2.45) is 0 Å². The Kier molecular flexibility index (Phi) is 1.45. The van der Waals surface area contributed by atoms with Gasteiger partial charge >= 0.3 is 0 Å². The van der Waals surface area contributed by atoms with Gasteiger partial charge in [-0.25, -0.2) is 0 Å². The number of likely N-dealkylation sites (N-methyl/N-ethyl adjacent to an activating group) is 1. The summed E-state index contributed by atoms with van der Waals surface area (Å²) in [7, 11) is 1.71. The molecule has 2 atom stereocenters. The number of amides is 1. The van der Waals surface area contributed by atoms with Crippen LogP contribution in [0.5, 0.6) is 0 Å². The van der Waals surface area contributed by atoms with Crippen molar-refractivity contribution in [3.05, 3.63) is 0 Å². The van der Waals surface area contributed by atoms with E-state index >= 15 is 0 Å². The first-order valence-corrected chi connectivity index (χ1v) is 3.07. The van der Waals surface area contributed by atoms with Gasteiger partial charge in [0.2, 0.25) is 0 Å². The Morgan fingerprint density at radius 2 is 2.33 bits per heavy atom. The molecular weight excluding hydrogens is 118 g/mol. The fraction of sp³-hybridized carbons (Fsp3) is 0.833. The Morgan fingerprint density at radius 1 is 1.78 bits per heavy atom. The van der Waals surface area contributed by atoms with Crippen LogP contribution in [-0.2, 0) is 4.79 Å². The number of aliphatic hydroxyl groups excluding tert-OH is 1. The molecule has 0 bridgehead atoms. The number of hydrogen-bond acceptors (Lipinski definition) is 2. The van der Waals surface area contributed by atoms with Crippen LogP contribution in [0.25, 0.3) is 0 Å². The molecule has 1 rings (SSSR count). The summed E-state index contributed by atoms with van der Waals surface area (Å²) >= 11 is 0. The predicted octanol–water partition coefficient (Wildman–Crippen LogP) is -0.402. The average molecular weight is 129 g/mol. The summed E-state index contributed by atoms with van der Waals surface area (Å²) in [6.45, 7) is 1.92. The van der Waals surface area contributed by atoms with Gasteiger partial charge in [0.05, 0.1) is 0 Å². The van der Waals surface area contributed by atoms with Crippen LogP contribution >= 0.6 is 0 Å². The summed E-state index contributed by atoms with van der Waals surface area (Å²) < 4.78 is 0. The van der Waals surface area contributed by atoms with E-state index in [9.17, 15) is 4.79 Å². The maximum Gasteiger partial charge on any atom is 0.251 e. The second kappa shape index (κ2) is 1.99. The van der Waals surface area contributed by atoms with Gasteiger partial charge in [-0.1, -0.05) is 0 Å². The third kappa shape index (κ3) is 0.920. The second-order valence-corrected chi connectivity index (χ2v) is 2.55. The molecule has 1 fully saturated rings. The van der Waals surface area contributed by atoms with Crippen molar-refractivity contribution in [3.63, 3.8) is 0 Å². The van der Waals surface area contributed by atoms with Crippen LogP contribution < -0.4 is 0 Å². The molecule has 3 heteroatoms. The molecule has 1 heterocycles. The van der Waals surface area contributed by atoms with E-state index in [1.807, 2.05) is 6.92 Å². The number of carbonyl (C=O) groups excluding carboxylic acids is 1. The maximum absolute atomic E-state index is 10.8. The number of rotatable bonds is 0.